The van der Waals surface area contributed by atoms with Crippen molar-refractivity contribution in [3.05, 3.63) is 45.1 Å². The van der Waals surface area contributed by atoms with Gasteiger partial charge >= 0.3 is 0 Å². The average molecular weight is 346 g/mol. The van der Waals surface area contributed by atoms with Gasteiger partial charge in [0.2, 0.25) is 0 Å². The number of hydrogen-bond acceptors (Lipinski definition) is 3. The molecule has 2 aromatic rings. The van der Waals surface area contributed by atoms with Gasteiger partial charge in [-0.05, 0) is 30.7 Å². The van der Waals surface area contributed by atoms with E-state index in [4.69, 9.17) is 16.3 Å². The van der Waals surface area contributed by atoms with Gasteiger partial charge < -0.3 is 9.84 Å². The number of aryl methyl sites for hydroxylation is 1. The van der Waals surface area contributed by atoms with E-state index in [1.807, 2.05) is 13.0 Å². The maximum Gasteiger partial charge on any atom is 0.163 e. The Hall–Kier alpha value is -1.04. The zero-order valence-corrected chi connectivity index (χ0v) is 12.9. The number of ether oxygens (including phenoxy) is 1. The second-order valence-electron chi connectivity index (χ2n) is 4.02. The topological polar surface area (TPSA) is 47.3 Å². The van der Waals surface area contributed by atoms with E-state index < -0.39 is 6.10 Å². The lowest BCUT2D eigenvalue weighted by Crippen LogP contribution is -2.10. The SMILES string of the molecule is CCn1ncc(OC)c1C(O)c1cc(Cl)cc(Br)c1. The van der Waals surface area contributed by atoms with Gasteiger partial charge in [-0.25, -0.2) is 0 Å². The third-order valence-electron chi connectivity index (χ3n) is 2.82. The molecule has 0 saturated heterocycles. The number of nitrogens with zero attached hydrogens (tertiary/aromatic N) is 2. The van der Waals surface area contributed by atoms with Crippen LogP contribution in [0.4, 0.5) is 0 Å². The van der Waals surface area contributed by atoms with Crippen molar-refractivity contribution in [2.75, 3.05) is 7.11 Å². The molecule has 0 saturated carbocycles. The van der Waals surface area contributed by atoms with Crippen molar-refractivity contribution in [3.8, 4) is 5.75 Å². The summed E-state index contributed by atoms with van der Waals surface area (Å²) in [6.45, 7) is 2.61. The summed E-state index contributed by atoms with van der Waals surface area (Å²) >= 11 is 9.37. The summed E-state index contributed by atoms with van der Waals surface area (Å²) in [5, 5.41) is 15.3. The van der Waals surface area contributed by atoms with Crippen molar-refractivity contribution in [1.82, 2.24) is 9.78 Å². The smallest absolute Gasteiger partial charge is 0.163 e. The minimum atomic E-state index is -0.840. The molecule has 4 nitrogen and oxygen atoms in total. The van der Waals surface area contributed by atoms with Gasteiger partial charge in [0.1, 0.15) is 11.8 Å². The summed E-state index contributed by atoms with van der Waals surface area (Å²) in [7, 11) is 1.56. The third-order valence-corrected chi connectivity index (χ3v) is 3.50. The lowest BCUT2D eigenvalue weighted by molar-refractivity contribution is 0.202. The number of aliphatic hydroxyl groups is 1. The van der Waals surface area contributed by atoms with Gasteiger partial charge in [-0.3, -0.25) is 4.68 Å². The molecule has 102 valence electrons. The minimum Gasteiger partial charge on any atom is -0.493 e. The molecule has 6 heteroatoms. The van der Waals surface area contributed by atoms with Crippen molar-refractivity contribution >= 4 is 27.5 Å². The number of hydrogen-bond donors (Lipinski definition) is 1. The summed E-state index contributed by atoms with van der Waals surface area (Å²) < 4.78 is 7.76. The molecule has 1 unspecified atom stereocenters. The maximum absolute atomic E-state index is 10.5. The first-order chi connectivity index (χ1) is 9.06. The quantitative estimate of drug-likeness (QED) is 0.924. The molecule has 2 rings (SSSR count). The van der Waals surface area contributed by atoms with E-state index in [1.165, 1.54) is 0 Å². The Morgan fingerprint density at radius 3 is 2.79 bits per heavy atom. The van der Waals surface area contributed by atoms with Gasteiger partial charge in [0.25, 0.3) is 0 Å². The molecule has 0 fully saturated rings. The zero-order valence-electron chi connectivity index (χ0n) is 10.6. The molecule has 0 aliphatic carbocycles. The monoisotopic (exact) mass is 344 g/mol. The summed E-state index contributed by atoms with van der Waals surface area (Å²) in [5.74, 6) is 0.561. The van der Waals surface area contributed by atoms with Gasteiger partial charge in [-0.1, -0.05) is 27.5 Å². The first-order valence-corrected chi connectivity index (χ1v) is 6.97. The molecule has 0 aliphatic heterocycles. The Morgan fingerprint density at radius 1 is 1.47 bits per heavy atom. The van der Waals surface area contributed by atoms with Crippen LogP contribution in [-0.2, 0) is 6.54 Å². The van der Waals surface area contributed by atoms with Crippen LogP contribution in [0.25, 0.3) is 0 Å². The van der Waals surface area contributed by atoms with Crippen LogP contribution in [0, 0.1) is 0 Å². The number of halogens is 2. The minimum absolute atomic E-state index is 0.560. The number of methoxy groups -OCH3 is 1. The highest BCUT2D eigenvalue weighted by molar-refractivity contribution is 9.10. The van der Waals surface area contributed by atoms with E-state index in [9.17, 15) is 5.11 Å². The summed E-state index contributed by atoms with van der Waals surface area (Å²) in [4.78, 5) is 0. The van der Waals surface area contributed by atoms with Crippen molar-refractivity contribution in [2.24, 2.45) is 0 Å². The van der Waals surface area contributed by atoms with Crippen LogP contribution < -0.4 is 4.74 Å². The first kappa shape index (κ1) is 14.4. The standard InChI is InChI=1S/C13H14BrClN2O2/c1-3-17-12(11(19-2)7-16-17)13(18)8-4-9(14)6-10(15)5-8/h4-7,13,18H,3H2,1-2H3. The van der Waals surface area contributed by atoms with E-state index in [2.05, 4.69) is 21.0 Å². The molecule has 0 amide bonds. The fourth-order valence-corrected chi connectivity index (χ4v) is 2.84. The number of aliphatic hydroxyl groups excluding tert-OH is 1. The van der Waals surface area contributed by atoms with Gasteiger partial charge in [0, 0.05) is 16.0 Å². The molecule has 19 heavy (non-hydrogen) atoms. The summed E-state index contributed by atoms with van der Waals surface area (Å²) in [6, 6.07) is 5.32. The molecular formula is C13H14BrClN2O2. The van der Waals surface area contributed by atoms with E-state index in [0.29, 0.717) is 28.6 Å². The molecule has 1 N–H and O–H groups in total. The van der Waals surface area contributed by atoms with Crippen LogP contribution in [-0.4, -0.2) is 22.0 Å². The molecule has 0 aliphatic rings. The normalized spacial score (nSPS) is 12.5. The Bertz CT molecular complexity index is 544. The molecule has 0 bridgehead atoms. The fraction of sp³-hybridized carbons (Fsp3) is 0.308. The second kappa shape index (κ2) is 5.94. The third kappa shape index (κ3) is 2.94. The fourth-order valence-electron chi connectivity index (χ4n) is 1.95. The highest BCUT2D eigenvalue weighted by atomic mass is 79.9. The average Bonchev–Trinajstić information content (AvgIpc) is 2.79. The Kier molecular flexibility index (Phi) is 4.50. The Morgan fingerprint density at radius 2 is 2.21 bits per heavy atom. The maximum atomic E-state index is 10.5. The molecule has 1 aromatic heterocycles. The number of benzene rings is 1. The Labute approximate surface area is 125 Å². The predicted octanol–water partition coefficient (Wildman–Crippen LogP) is 3.41. The molecule has 0 spiro atoms. The van der Waals surface area contributed by atoms with Crippen molar-refractivity contribution in [1.29, 1.82) is 0 Å². The highest BCUT2D eigenvalue weighted by Crippen LogP contribution is 2.32. The molecule has 1 aromatic carbocycles. The van der Waals surface area contributed by atoms with Crippen LogP contribution in [0.5, 0.6) is 5.75 Å². The summed E-state index contributed by atoms with van der Waals surface area (Å²) in [5.41, 5.74) is 1.31. The molecule has 0 radical (unpaired) electrons. The van der Waals surface area contributed by atoms with Crippen LogP contribution in [0.1, 0.15) is 24.3 Å². The Balaban J connectivity index is 2.48. The largest absolute Gasteiger partial charge is 0.493 e. The van der Waals surface area contributed by atoms with E-state index in [1.54, 1.807) is 30.1 Å². The van der Waals surface area contributed by atoms with Gasteiger partial charge in [-0.2, -0.15) is 5.10 Å². The van der Waals surface area contributed by atoms with Crippen molar-refractivity contribution in [3.63, 3.8) is 0 Å². The molecule has 1 atom stereocenters. The van der Waals surface area contributed by atoms with Crippen LogP contribution >= 0.6 is 27.5 Å². The van der Waals surface area contributed by atoms with Crippen LogP contribution in [0.15, 0.2) is 28.9 Å². The van der Waals surface area contributed by atoms with E-state index in [0.717, 1.165) is 4.47 Å². The highest BCUT2D eigenvalue weighted by Gasteiger charge is 2.21. The lowest BCUT2D eigenvalue weighted by Gasteiger charge is -2.15. The first-order valence-electron chi connectivity index (χ1n) is 5.80. The second-order valence-corrected chi connectivity index (χ2v) is 5.37. The van der Waals surface area contributed by atoms with Gasteiger partial charge in [0.15, 0.2) is 5.75 Å². The van der Waals surface area contributed by atoms with Gasteiger partial charge in [-0.15, -0.1) is 0 Å². The van der Waals surface area contributed by atoms with Gasteiger partial charge in [0.05, 0.1) is 13.3 Å². The molecule has 1 heterocycles. The van der Waals surface area contributed by atoms with Crippen molar-refractivity contribution in [2.45, 2.75) is 19.6 Å². The number of rotatable bonds is 4. The van der Waals surface area contributed by atoms with Crippen LogP contribution in [0.3, 0.4) is 0 Å². The zero-order chi connectivity index (χ0) is 14.0. The lowest BCUT2D eigenvalue weighted by atomic mass is 10.1. The predicted molar refractivity (Wildman–Crippen MR) is 77.7 cm³/mol. The van der Waals surface area contributed by atoms with Crippen molar-refractivity contribution < 1.29 is 9.84 Å². The van der Waals surface area contributed by atoms with Crippen LogP contribution in [0.2, 0.25) is 5.02 Å². The van der Waals surface area contributed by atoms with E-state index in [-0.39, 0.29) is 0 Å². The van der Waals surface area contributed by atoms with E-state index >= 15 is 0 Å². The molecular weight excluding hydrogens is 332 g/mol. The number of aromatic nitrogens is 2. The summed E-state index contributed by atoms with van der Waals surface area (Å²) in [6.07, 6.45) is 0.758.